The van der Waals surface area contributed by atoms with Crippen molar-refractivity contribution in [2.24, 2.45) is 5.92 Å². The zero-order valence-electron chi connectivity index (χ0n) is 15.5. The number of hydrogen-bond acceptors (Lipinski definition) is 3. The molecule has 0 unspecified atom stereocenters. The molecule has 2 heterocycles. The molecule has 0 saturated heterocycles. The molecular weight excluding hydrogens is 324 g/mol. The predicted molar refractivity (Wildman–Crippen MR) is 106 cm³/mol. The van der Waals surface area contributed by atoms with Gasteiger partial charge in [0.05, 0.1) is 18.0 Å². The molecule has 0 radical (unpaired) electrons. The van der Waals surface area contributed by atoms with Crippen molar-refractivity contribution in [1.29, 1.82) is 0 Å². The first-order chi connectivity index (χ1) is 12.6. The minimum absolute atomic E-state index is 0.354. The lowest BCUT2D eigenvalue weighted by Crippen LogP contribution is -2.02. The predicted octanol–water partition coefficient (Wildman–Crippen LogP) is 4.94. The Morgan fingerprint density at radius 3 is 2.85 bits per heavy atom. The number of pyridine rings is 1. The average molecular weight is 348 g/mol. The molecule has 0 saturated carbocycles. The zero-order valence-corrected chi connectivity index (χ0v) is 15.5. The van der Waals surface area contributed by atoms with Gasteiger partial charge in [0.25, 0.3) is 0 Å². The maximum absolute atomic E-state index is 11.5. The Morgan fingerprint density at radius 1 is 1.23 bits per heavy atom. The van der Waals surface area contributed by atoms with E-state index in [0.29, 0.717) is 12.5 Å². The number of fused-ring (bicyclic) bond motifs is 1. The summed E-state index contributed by atoms with van der Waals surface area (Å²) in [6.45, 7) is 7.61. The van der Waals surface area contributed by atoms with Crippen molar-refractivity contribution < 1.29 is 9.53 Å². The van der Waals surface area contributed by atoms with Crippen LogP contribution in [-0.4, -0.2) is 22.1 Å². The van der Waals surface area contributed by atoms with Gasteiger partial charge in [-0.05, 0) is 49.2 Å². The molecule has 134 valence electrons. The molecule has 0 aliphatic rings. The number of aromatic nitrogens is 2. The first kappa shape index (κ1) is 17.9. The lowest BCUT2D eigenvalue weighted by Gasteiger charge is -2.09. The topological polar surface area (TPSA) is 44.1 Å². The highest BCUT2D eigenvalue weighted by molar-refractivity contribution is 5.87. The van der Waals surface area contributed by atoms with Crippen LogP contribution in [0, 0.1) is 5.92 Å². The van der Waals surface area contributed by atoms with Gasteiger partial charge < -0.3 is 9.30 Å². The number of rotatable bonds is 6. The van der Waals surface area contributed by atoms with Crippen molar-refractivity contribution in [1.82, 2.24) is 9.55 Å². The van der Waals surface area contributed by atoms with Crippen LogP contribution >= 0.6 is 0 Å². The molecule has 0 N–H and O–H groups in total. The summed E-state index contributed by atoms with van der Waals surface area (Å²) in [7, 11) is 0. The number of ether oxygens (including phenoxy) is 1. The molecule has 3 aromatic rings. The first-order valence-corrected chi connectivity index (χ1v) is 8.98. The van der Waals surface area contributed by atoms with Crippen LogP contribution in [-0.2, 0) is 16.1 Å². The summed E-state index contributed by atoms with van der Waals surface area (Å²) in [6.07, 6.45) is 5.23. The van der Waals surface area contributed by atoms with Gasteiger partial charge in [-0.3, -0.25) is 0 Å². The Kier molecular flexibility index (Phi) is 5.52. The van der Waals surface area contributed by atoms with E-state index in [1.165, 1.54) is 17.0 Å². The van der Waals surface area contributed by atoms with Crippen LogP contribution in [0.5, 0.6) is 0 Å². The summed E-state index contributed by atoms with van der Waals surface area (Å²) < 4.78 is 7.19. The Labute approximate surface area is 154 Å². The fourth-order valence-corrected chi connectivity index (χ4v) is 2.96. The summed E-state index contributed by atoms with van der Waals surface area (Å²) >= 11 is 0. The fraction of sp³-hybridized carbons (Fsp3) is 0.273. The van der Waals surface area contributed by atoms with E-state index in [1.54, 1.807) is 13.0 Å². The monoisotopic (exact) mass is 348 g/mol. The van der Waals surface area contributed by atoms with Gasteiger partial charge in [-0.2, -0.15) is 0 Å². The van der Waals surface area contributed by atoms with Gasteiger partial charge in [-0.25, -0.2) is 9.78 Å². The van der Waals surface area contributed by atoms with Gasteiger partial charge in [0.2, 0.25) is 0 Å². The maximum atomic E-state index is 11.5. The second kappa shape index (κ2) is 8.00. The quantitative estimate of drug-likeness (QED) is 0.468. The minimum atomic E-state index is -0.354. The molecule has 3 rings (SSSR count). The van der Waals surface area contributed by atoms with Crippen molar-refractivity contribution >= 4 is 22.9 Å². The zero-order chi connectivity index (χ0) is 18.5. The highest BCUT2D eigenvalue weighted by atomic mass is 16.5. The number of esters is 1. The lowest BCUT2D eigenvalue weighted by molar-refractivity contribution is -0.137. The molecular formula is C22H24N2O2. The van der Waals surface area contributed by atoms with E-state index in [9.17, 15) is 4.79 Å². The molecule has 0 spiro atoms. The Hall–Kier alpha value is -2.88. The minimum Gasteiger partial charge on any atom is -0.463 e. The van der Waals surface area contributed by atoms with E-state index in [2.05, 4.69) is 53.9 Å². The molecule has 0 fully saturated rings. The Morgan fingerprint density at radius 2 is 2.08 bits per heavy atom. The summed E-state index contributed by atoms with van der Waals surface area (Å²) in [5, 5.41) is 1.21. The van der Waals surface area contributed by atoms with Crippen molar-refractivity contribution in [2.75, 3.05) is 6.61 Å². The van der Waals surface area contributed by atoms with Crippen molar-refractivity contribution in [3.05, 3.63) is 60.4 Å². The lowest BCUT2D eigenvalue weighted by atomic mass is 10.1. The average Bonchev–Trinajstić information content (AvgIpc) is 3.02. The second-order valence-electron chi connectivity index (χ2n) is 6.67. The first-order valence-electron chi connectivity index (χ1n) is 8.98. The number of hydrogen-bond donors (Lipinski definition) is 0. The Bertz CT molecular complexity index is 938. The number of nitrogens with zero attached hydrogens (tertiary/aromatic N) is 2. The molecule has 1 aromatic carbocycles. The normalized spacial score (nSPS) is 11.5. The Balaban J connectivity index is 1.87. The van der Waals surface area contributed by atoms with Crippen LogP contribution in [0.2, 0.25) is 0 Å². The van der Waals surface area contributed by atoms with Crippen LogP contribution in [0.3, 0.4) is 0 Å². The van der Waals surface area contributed by atoms with Gasteiger partial charge in [-0.1, -0.05) is 26.0 Å². The van der Waals surface area contributed by atoms with E-state index in [0.717, 1.165) is 23.5 Å². The highest BCUT2D eigenvalue weighted by Crippen LogP contribution is 2.25. The highest BCUT2D eigenvalue weighted by Gasteiger charge is 2.06. The molecule has 4 heteroatoms. The van der Waals surface area contributed by atoms with E-state index < -0.39 is 0 Å². The van der Waals surface area contributed by atoms with Crippen LogP contribution in [0.25, 0.3) is 28.2 Å². The van der Waals surface area contributed by atoms with Gasteiger partial charge in [0, 0.05) is 35.3 Å². The third-order valence-corrected chi connectivity index (χ3v) is 4.08. The number of carbonyl (C=O) groups is 1. The third kappa shape index (κ3) is 4.20. The van der Waals surface area contributed by atoms with E-state index >= 15 is 0 Å². The smallest absolute Gasteiger partial charge is 0.330 e. The van der Waals surface area contributed by atoms with E-state index in [1.807, 2.05) is 18.2 Å². The summed E-state index contributed by atoms with van der Waals surface area (Å²) in [5.41, 5.74) is 3.91. The molecule has 0 bridgehead atoms. The molecule has 0 amide bonds. The molecule has 2 aromatic heterocycles. The number of benzene rings is 1. The molecule has 0 aliphatic heterocycles. The van der Waals surface area contributed by atoms with E-state index in [-0.39, 0.29) is 5.97 Å². The van der Waals surface area contributed by atoms with Crippen molar-refractivity contribution in [3.8, 4) is 11.3 Å². The number of carbonyl (C=O) groups excluding carboxylic acids is 1. The van der Waals surface area contributed by atoms with Crippen molar-refractivity contribution in [2.45, 2.75) is 27.3 Å². The molecule has 0 aliphatic carbocycles. The van der Waals surface area contributed by atoms with Crippen molar-refractivity contribution in [3.63, 3.8) is 0 Å². The standard InChI is InChI=1S/C22H24N2O2/c1-4-26-22(25)11-9-19-6-5-7-20(23-19)17-8-10-21-18(14-17)12-13-24(21)15-16(2)3/h5-14,16H,4,15H2,1-3H3/b11-9+. The molecule has 26 heavy (non-hydrogen) atoms. The maximum Gasteiger partial charge on any atom is 0.330 e. The third-order valence-electron chi connectivity index (χ3n) is 4.08. The van der Waals surface area contributed by atoms with Gasteiger partial charge in [-0.15, -0.1) is 0 Å². The van der Waals surface area contributed by atoms with Crippen LogP contribution < -0.4 is 0 Å². The summed E-state index contributed by atoms with van der Waals surface area (Å²) in [6, 6.07) is 14.3. The fourth-order valence-electron chi connectivity index (χ4n) is 2.96. The van der Waals surface area contributed by atoms with E-state index in [4.69, 9.17) is 4.74 Å². The summed E-state index contributed by atoms with van der Waals surface area (Å²) in [5.74, 6) is 0.252. The second-order valence-corrected chi connectivity index (χ2v) is 6.67. The molecule has 0 atom stereocenters. The van der Waals surface area contributed by atoms with Gasteiger partial charge in [0.15, 0.2) is 0 Å². The van der Waals surface area contributed by atoms with Gasteiger partial charge >= 0.3 is 5.97 Å². The SMILES string of the molecule is CCOC(=O)/C=C/c1cccc(-c2ccc3c(ccn3CC(C)C)c2)n1. The summed E-state index contributed by atoms with van der Waals surface area (Å²) in [4.78, 5) is 16.1. The van der Waals surface area contributed by atoms with Crippen LogP contribution in [0.4, 0.5) is 0 Å². The molecule has 4 nitrogen and oxygen atoms in total. The van der Waals surface area contributed by atoms with Gasteiger partial charge in [0.1, 0.15) is 0 Å². The van der Waals surface area contributed by atoms with Crippen LogP contribution in [0.1, 0.15) is 26.5 Å². The van der Waals surface area contributed by atoms with Crippen LogP contribution in [0.15, 0.2) is 54.7 Å². The largest absolute Gasteiger partial charge is 0.463 e.